The highest BCUT2D eigenvalue weighted by Gasteiger charge is 2.13. The third kappa shape index (κ3) is 5.29. The summed E-state index contributed by atoms with van der Waals surface area (Å²) in [6, 6.07) is 16.0. The van der Waals surface area contributed by atoms with Crippen molar-refractivity contribution in [3.05, 3.63) is 59.7 Å². The molecule has 0 saturated heterocycles. The summed E-state index contributed by atoms with van der Waals surface area (Å²) in [5.74, 6) is 0.727. The van der Waals surface area contributed by atoms with Gasteiger partial charge in [-0.25, -0.2) is 0 Å². The van der Waals surface area contributed by atoms with Gasteiger partial charge in [-0.15, -0.1) is 0 Å². The summed E-state index contributed by atoms with van der Waals surface area (Å²) < 4.78 is 5.29. The van der Waals surface area contributed by atoms with Gasteiger partial charge in [-0.2, -0.15) is 5.10 Å². The van der Waals surface area contributed by atoms with Crippen molar-refractivity contribution >= 4 is 28.7 Å². The van der Waals surface area contributed by atoms with E-state index in [0.717, 1.165) is 22.7 Å². The van der Waals surface area contributed by atoms with Crippen LogP contribution in [0.15, 0.2) is 53.6 Å². The first-order valence-corrected chi connectivity index (χ1v) is 8.57. The smallest absolute Gasteiger partial charge is 0.191 e. The molecule has 25 heavy (non-hydrogen) atoms. The van der Waals surface area contributed by atoms with Gasteiger partial charge in [-0.3, -0.25) is 5.43 Å². The van der Waals surface area contributed by atoms with Gasteiger partial charge >= 0.3 is 0 Å². The molecule has 0 fully saturated rings. The van der Waals surface area contributed by atoms with Crippen LogP contribution in [0.2, 0.25) is 0 Å². The van der Waals surface area contributed by atoms with Crippen LogP contribution in [0, 0.1) is 0 Å². The van der Waals surface area contributed by atoms with Crippen molar-refractivity contribution in [1.29, 1.82) is 0 Å². The summed E-state index contributed by atoms with van der Waals surface area (Å²) in [5, 5.41) is 7.86. The maximum Gasteiger partial charge on any atom is 0.191 e. The van der Waals surface area contributed by atoms with Crippen molar-refractivity contribution < 1.29 is 4.74 Å². The second-order valence-electron chi connectivity index (χ2n) is 6.79. The van der Waals surface area contributed by atoms with Gasteiger partial charge in [-0.1, -0.05) is 57.2 Å². The van der Waals surface area contributed by atoms with Gasteiger partial charge in [-0.05, 0) is 47.8 Å². The van der Waals surface area contributed by atoms with E-state index in [-0.39, 0.29) is 5.41 Å². The molecule has 2 N–H and O–H groups in total. The van der Waals surface area contributed by atoms with Crippen molar-refractivity contribution in [3.63, 3.8) is 0 Å². The molecule has 0 radical (unpaired) electrons. The van der Waals surface area contributed by atoms with Gasteiger partial charge < -0.3 is 10.1 Å². The molecule has 0 aliphatic carbocycles. The molecular weight excluding hydrogens is 330 g/mol. The minimum Gasteiger partial charge on any atom is -0.495 e. The summed E-state index contributed by atoms with van der Waals surface area (Å²) in [6.45, 7) is 8.55. The Morgan fingerprint density at radius 3 is 2.28 bits per heavy atom. The zero-order valence-electron chi connectivity index (χ0n) is 15.4. The van der Waals surface area contributed by atoms with Crippen LogP contribution >= 0.6 is 12.2 Å². The molecule has 4 nitrogen and oxygen atoms in total. The molecule has 2 aromatic carbocycles. The number of methoxy groups -OCH3 is 1. The van der Waals surface area contributed by atoms with Crippen LogP contribution in [0.3, 0.4) is 0 Å². The third-order valence-electron chi connectivity index (χ3n) is 3.85. The molecule has 0 atom stereocenters. The number of hydrogen-bond donors (Lipinski definition) is 2. The van der Waals surface area contributed by atoms with Crippen LogP contribution in [0.25, 0.3) is 0 Å². The molecule has 132 valence electrons. The summed E-state index contributed by atoms with van der Waals surface area (Å²) in [5.41, 5.74) is 7.03. The van der Waals surface area contributed by atoms with Crippen LogP contribution in [0.1, 0.15) is 38.8 Å². The van der Waals surface area contributed by atoms with Gasteiger partial charge in [0.15, 0.2) is 5.11 Å². The van der Waals surface area contributed by atoms with E-state index in [0.29, 0.717) is 5.11 Å². The Hall–Kier alpha value is -2.40. The molecule has 2 aromatic rings. The minimum atomic E-state index is 0.141. The molecule has 0 heterocycles. The highest BCUT2D eigenvalue weighted by Crippen LogP contribution is 2.23. The molecule has 0 aliphatic rings. The van der Waals surface area contributed by atoms with E-state index in [1.54, 1.807) is 7.11 Å². The van der Waals surface area contributed by atoms with Gasteiger partial charge in [0.05, 0.1) is 18.5 Å². The molecular formula is C20H25N3OS. The van der Waals surface area contributed by atoms with Crippen molar-refractivity contribution in [3.8, 4) is 5.75 Å². The van der Waals surface area contributed by atoms with E-state index in [4.69, 9.17) is 17.0 Å². The number of anilines is 1. The first kappa shape index (κ1) is 18.9. The second-order valence-corrected chi connectivity index (χ2v) is 7.20. The second kappa shape index (κ2) is 8.12. The number of nitrogens with zero attached hydrogens (tertiary/aromatic N) is 1. The normalized spacial score (nSPS) is 11.8. The lowest BCUT2D eigenvalue weighted by Crippen LogP contribution is -2.25. The van der Waals surface area contributed by atoms with E-state index in [1.807, 2.05) is 31.2 Å². The van der Waals surface area contributed by atoms with E-state index < -0.39 is 0 Å². The lowest BCUT2D eigenvalue weighted by Gasteiger charge is -2.19. The van der Waals surface area contributed by atoms with E-state index in [9.17, 15) is 0 Å². The van der Waals surface area contributed by atoms with Crippen LogP contribution in [0.5, 0.6) is 5.75 Å². The summed E-state index contributed by atoms with van der Waals surface area (Å²) >= 11 is 5.30. The zero-order chi connectivity index (χ0) is 18.4. The van der Waals surface area contributed by atoms with Gasteiger partial charge in [0, 0.05) is 0 Å². The van der Waals surface area contributed by atoms with Crippen molar-refractivity contribution in [2.45, 2.75) is 33.1 Å². The molecule has 0 aliphatic heterocycles. The van der Waals surface area contributed by atoms with Gasteiger partial charge in [0.2, 0.25) is 0 Å². The number of benzene rings is 2. The first-order valence-electron chi connectivity index (χ1n) is 8.16. The Morgan fingerprint density at radius 1 is 1.04 bits per heavy atom. The monoisotopic (exact) mass is 355 g/mol. The van der Waals surface area contributed by atoms with Crippen LogP contribution < -0.4 is 15.5 Å². The van der Waals surface area contributed by atoms with E-state index in [1.165, 1.54) is 5.56 Å². The molecule has 2 rings (SSSR count). The van der Waals surface area contributed by atoms with E-state index >= 15 is 0 Å². The maximum atomic E-state index is 5.30. The highest BCUT2D eigenvalue weighted by atomic mass is 32.1. The highest BCUT2D eigenvalue weighted by molar-refractivity contribution is 7.80. The fraction of sp³-hybridized carbons (Fsp3) is 0.300. The lowest BCUT2D eigenvalue weighted by atomic mass is 9.86. The van der Waals surface area contributed by atoms with E-state index in [2.05, 4.69) is 60.9 Å². The summed E-state index contributed by atoms with van der Waals surface area (Å²) in [4.78, 5) is 0. The molecule has 0 unspecified atom stereocenters. The summed E-state index contributed by atoms with van der Waals surface area (Å²) in [6.07, 6.45) is 0. The summed E-state index contributed by atoms with van der Waals surface area (Å²) in [7, 11) is 1.63. The number of rotatable bonds is 4. The fourth-order valence-corrected chi connectivity index (χ4v) is 2.46. The number of para-hydroxylation sites is 2. The minimum absolute atomic E-state index is 0.141. The molecule has 0 spiro atoms. The van der Waals surface area contributed by atoms with Crippen molar-refractivity contribution in [2.24, 2.45) is 5.10 Å². The standard InChI is InChI=1S/C20H25N3OS/c1-14(15-10-12-16(13-11-15)20(2,3)4)22-23-19(25)21-17-8-6-7-9-18(17)24-5/h6-13H,1-5H3,(H2,21,23,25)/b22-14+. The number of hydrazone groups is 1. The van der Waals surface area contributed by atoms with Crippen LogP contribution in [-0.4, -0.2) is 17.9 Å². The Bertz CT molecular complexity index is 761. The van der Waals surface area contributed by atoms with Crippen LogP contribution in [0.4, 0.5) is 5.69 Å². The van der Waals surface area contributed by atoms with Crippen molar-refractivity contribution in [2.75, 3.05) is 12.4 Å². The topological polar surface area (TPSA) is 45.6 Å². The third-order valence-corrected chi connectivity index (χ3v) is 4.04. The first-order chi connectivity index (χ1) is 11.8. The fourth-order valence-electron chi connectivity index (χ4n) is 2.31. The lowest BCUT2D eigenvalue weighted by molar-refractivity contribution is 0.417. The zero-order valence-corrected chi connectivity index (χ0v) is 16.2. The molecule has 0 aromatic heterocycles. The Balaban J connectivity index is 2.02. The predicted molar refractivity (Wildman–Crippen MR) is 110 cm³/mol. The molecule has 0 bridgehead atoms. The number of thiocarbonyl (C=S) groups is 1. The molecule has 5 heteroatoms. The molecule has 0 saturated carbocycles. The predicted octanol–water partition coefficient (Wildman–Crippen LogP) is 4.70. The Kier molecular flexibility index (Phi) is 6.15. The Morgan fingerprint density at radius 2 is 1.68 bits per heavy atom. The van der Waals surface area contributed by atoms with Crippen molar-refractivity contribution in [1.82, 2.24) is 5.43 Å². The average molecular weight is 356 g/mol. The van der Waals surface area contributed by atoms with Gasteiger partial charge in [0.25, 0.3) is 0 Å². The largest absolute Gasteiger partial charge is 0.495 e. The Labute approximate surface area is 155 Å². The average Bonchev–Trinajstić information content (AvgIpc) is 2.59. The quantitative estimate of drug-likeness (QED) is 0.474. The maximum absolute atomic E-state index is 5.30. The molecule has 0 amide bonds. The SMILES string of the molecule is COc1ccccc1NC(=S)N/N=C(\C)c1ccc(C(C)(C)C)cc1. The number of ether oxygens (including phenoxy) is 1. The van der Waals surface area contributed by atoms with Gasteiger partial charge in [0.1, 0.15) is 5.75 Å². The van der Waals surface area contributed by atoms with Crippen LogP contribution in [-0.2, 0) is 5.41 Å². The number of hydrogen-bond acceptors (Lipinski definition) is 3. The number of nitrogens with one attached hydrogen (secondary N) is 2.